The Kier molecular flexibility index (Phi) is 3.59. The van der Waals surface area contributed by atoms with Gasteiger partial charge >= 0.3 is 5.76 Å². The van der Waals surface area contributed by atoms with Crippen molar-refractivity contribution in [3.63, 3.8) is 0 Å². The van der Waals surface area contributed by atoms with Crippen LogP contribution in [0.15, 0.2) is 24.3 Å². The first-order chi connectivity index (χ1) is 6.92. The molecule has 0 saturated heterocycles. The number of sulfonamides is 1. The number of alkyl halides is 2. The minimum absolute atomic E-state index is 0.0521. The first kappa shape index (κ1) is 11.9. The van der Waals surface area contributed by atoms with Crippen LogP contribution in [0, 0.1) is 0 Å². The van der Waals surface area contributed by atoms with E-state index in [4.69, 9.17) is 5.11 Å². The molecule has 0 heterocycles. The van der Waals surface area contributed by atoms with Crippen LogP contribution >= 0.6 is 0 Å². The number of nitrogens with one attached hydrogen (secondary N) is 1. The zero-order chi connectivity index (χ0) is 11.5. The molecule has 0 aliphatic carbocycles. The molecular weight excluding hydrogens is 228 g/mol. The van der Waals surface area contributed by atoms with Gasteiger partial charge in [0.1, 0.15) is 5.75 Å². The van der Waals surface area contributed by atoms with E-state index >= 15 is 0 Å². The summed E-state index contributed by atoms with van der Waals surface area (Å²) in [5.41, 5.74) is 0.402. The molecule has 0 atom stereocenters. The lowest BCUT2D eigenvalue weighted by Crippen LogP contribution is -2.28. The quantitative estimate of drug-likeness (QED) is 0.822. The van der Waals surface area contributed by atoms with Crippen molar-refractivity contribution in [1.82, 2.24) is 4.72 Å². The largest absolute Gasteiger partial charge is 0.508 e. The zero-order valence-corrected chi connectivity index (χ0v) is 8.34. The van der Waals surface area contributed by atoms with Gasteiger partial charge in [-0.15, -0.1) is 0 Å². The van der Waals surface area contributed by atoms with Crippen LogP contribution in [0.3, 0.4) is 0 Å². The molecule has 0 radical (unpaired) electrons. The molecule has 1 aromatic carbocycles. The van der Waals surface area contributed by atoms with Crippen molar-refractivity contribution >= 4 is 10.0 Å². The van der Waals surface area contributed by atoms with Gasteiger partial charge in [-0.3, -0.25) is 0 Å². The van der Waals surface area contributed by atoms with E-state index in [1.54, 1.807) is 4.72 Å². The average Bonchev–Trinajstić information content (AvgIpc) is 2.15. The van der Waals surface area contributed by atoms with Gasteiger partial charge in [-0.1, -0.05) is 12.1 Å². The maximum Gasteiger partial charge on any atom is 0.350 e. The van der Waals surface area contributed by atoms with Gasteiger partial charge in [0.2, 0.25) is 0 Å². The maximum atomic E-state index is 11.9. The molecule has 0 saturated carbocycles. The Morgan fingerprint density at radius 3 is 2.60 bits per heavy atom. The van der Waals surface area contributed by atoms with Crippen molar-refractivity contribution in [2.24, 2.45) is 0 Å². The fourth-order valence-electron chi connectivity index (χ4n) is 0.913. The highest BCUT2D eigenvalue weighted by molar-refractivity contribution is 7.89. The van der Waals surface area contributed by atoms with E-state index in [1.165, 1.54) is 24.3 Å². The Hall–Kier alpha value is -1.21. The van der Waals surface area contributed by atoms with Crippen LogP contribution < -0.4 is 4.72 Å². The van der Waals surface area contributed by atoms with Crippen LogP contribution in [-0.4, -0.2) is 19.3 Å². The number of hydrogen-bond acceptors (Lipinski definition) is 3. The van der Waals surface area contributed by atoms with Crippen LogP contribution in [-0.2, 0) is 16.6 Å². The van der Waals surface area contributed by atoms with Crippen molar-refractivity contribution in [2.75, 3.05) is 0 Å². The van der Waals surface area contributed by atoms with E-state index in [9.17, 15) is 17.2 Å². The average molecular weight is 237 g/mol. The van der Waals surface area contributed by atoms with Crippen LogP contribution in [0.25, 0.3) is 0 Å². The monoisotopic (exact) mass is 237 g/mol. The molecule has 1 rings (SSSR count). The highest BCUT2D eigenvalue weighted by Crippen LogP contribution is 2.11. The minimum Gasteiger partial charge on any atom is -0.508 e. The predicted octanol–water partition coefficient (Wildman–Crippen LogP) is 1.03. The van der Waals surface area contributed by atoms with E-state index in [2.05, 4.69) is 0 Å². The smallest absolute Gasteiger partial charge is 0.350 e. The Balaban J connectivity index is 2.66. The van der Waals surface area contributed by atoms with Crippen LogP contribution in [0.2, 0.25) is 0 Å². The van der Waals surface area contributed by atoms with E-state index in [-0.39, 0.29) is 12.3 Å². The summed E-state index contributed by atoms with van der Waals surface area (Å²) >= 11 is 0. The maximum absolute atomic E-state index is 11.9. The summed E-state index contributed by atoms with van der Waals surface area (Å²) in [5, 5.41) is 9.03. The highest BCUT2D eigenvalue weighted by Gasteiger charge is 2.22. The zero-order valence-electron chi connectivity index (χ0n) is 7.52. The summed E-state index contributed by atoms with van der Waals surface area (Å²) in [4.78, 5) is 0. The van der Waals surface area contributed by atoms with Crippen molar-refractivity contribution < 1.29 is 22.3 Å². The highest BCUT2D eigenvalue weighted by atomic mass is 32.2. The molecule has 84 valence electrons. The molecule has 0 aliphatic rings. The minimum atomic E-state index is -4.57. The first-order valence-corrected chi connectivity index (χ1v) is 5.51. The van der Waals surface area contributed by atoms with Crippen molar-refractivity contribution in [3.05, 3.63) is 29.8 Å². The molecule has 0 fully saturated rings. The molecule has 0 spiro atoms. The van der Waals surface area contributed by atoms with Crippen LogP contribution in [0.1, 0.15) is 5.56 Å². The number of halogens is 2. The third-order valence-electron chi connectivity index (χ3n) is 1.62. The molecular formula is C8H9F2NO3S. The molecule has 0 aromatic heterocycles. The third kappa shape index (κ3) is 3.45. The van der Waals surface area contributed by atoms with Crippen molar-refractivity contribution in [2.45, 2.75) is 12.3 Å². The van der Waals surface area contributed by atoms with E-state index < -0.39 is 15.8 Å². The number of aromatic hydroxyl groups is 1. The second-order valence-corrected chi connectivity index (χ2v) is 4.53. The van der Waals surface area contributed by atoms with Gasteiger partial charge in [0.05, 0.1) is 0 Å². The normalized spacial score (nSPS) is 11.9. The van der Waals surface area contributed by atoms with E-state index in [0.717, 1.165) is 0 Å². The summed E-state index contributed by atoms with van der Waals surface area (Å²) in [6.45, 7) is -0.277. The van der Waals surface area contributed by atoms with E-state index in [1.807, 2.05) is 0 Å². The second kappa shape index (κ2) is 4.54. The molecule has 4 nitrogen and oxygen atoms in total. The first-order valence-electron chi connectivity index (χ1n) is 3.96. The van der Waals surface area contributed by atoms with Gasteiger partial charge in [0, 0.05) is 6.54 Å². The van der Waals surface area contributed by atoms with Gasteiger partial charge in [-0.25, -0.2) is 13.1 Å². The summed E-state index contributed by atoms with van der Waals surface area (Å²) in [6, 6.07) is 5.67. The summed E-state index contributed by atoms with van der Waals surface area (Å²) < 4.78 is 46.8. The molecule has 7 heteroatoms. The summed E-state index contributed by atoms with van der Waals surface area (Å²) in [7, 11) is -4.57. The number of phenols is 1. The SMILES string of the molecule is O=S(=O)(NCc1cccc(O)c1)C(F)F. The van der Waals surface area contributed by atoms with Crippen LogP contribution in [0.5, 0.6) is 5.75 Å². The molecule has 0 bridgehead atoms. The fourth-order valence-corrected chi connectivity index (χ4v) is 1.41. The Morgan fingerprint density at radius 2 is 2.07 bits per heavy atom. The Morgan fingerprint density at radius 1 is 1.40 bits per heavy atom. The summed E-state index contributed by atoms with van der Waals surface area (Å²) in [5.74, 6) is -3.50. The number of benzene rings is 1. The molecule has 0 unspecified atom stereocenters. The van der Waals surface area contributed by atoms with Crippen molar-refractivity contribution in [1.29, 1.82) is 0 Å². The molecule has 1 aromatic rings. The molecule has 0 aliphatic heterocycles. The lowest BCUT2D eigenvalue weighted by atomic mass is 10.2. The summed E-state index contributed by atoms with van der Waals surface area (Å²) in [6.07, 6.45) is 0. The van der Waals surface area contributed by atoms with Gasteiger partial charge in [-0.2, -0.15) is 8.78 Å². The second-order valence-electron chi connectivity index (χ2n) is 2.80. The van der Waals surface area contributed by atoms with Gasteiger partial charge in [0.25, 0.3) is 10.0 Å². The van der Waals surface area contributed by atoms with E-state index in [0.29, 0.717) is 5.56 Å². The Bertz CT molecular complexity index is 433. The standard InChI is InChI=1S/C8H9F2NO3S/c9-8(10)15(13,14)11-5-6-2-1-3-7(12)4-6/h1-4,8,11-12H,5H2. The molecule has 15 heavy (non-hydrogen) atoms. The lowest BCUT2D eigenvalue weighted by molar-refractivity contribution is 0.232. The van der Waals surface area contributed by atoms with Gasteiger partial charge < -0.3 is 5.11 Å². The number of phenolic OH excluding ortho intramolecular Hbond substituents is 1. The third-order valence-corrected chi connectivity index (χ3v) is 2.64. The topological polar surface area (TPSA) is 66.4 Å². The lowest BCUT2D eigenvalue weighted by Gasteiger charge is -2.05. The molecule has 2 N–H and O–H groups in total. The Labute approximate surface area is 85.6 Å². The number of hydrogen-bond donors (Lipinski definition) is 2. The van der Waals surface area contributed by atoms with Crippen LogP contribution in [0.4, 0.5) is 8.78 Å². The van der Waals surface area contributed by atoms with Gasteiger partial charge in [0.15, 0.2) is 0 Å². The number of rotatable bonds is 4. The fraction of sp³-hybridized carbons (Fsp3) is 0.250. The van der Waals surface area contributed by atoms with Crippen molar-refractivity contribution in [3.8, 4) is 5.75 Å². The molecule has 0 amide bonds. The van der Waals surface area contributed by atoms with Gasteiger partial charge in [-0.05, 0) is 17.7 Å². The predicted molar refractivity (Wildman–Crippen MR) is 49.9 cm³/mol.